The molecule has 0 spiro atoms. The number of aliphatic hydroxyl groups is 3. The van der Waals surface area contributed by atoms with Gasteiger partial charge in [-0.05, 0) is 69.0 Å². The normalized spacial score (nSPS) is 20.4. The molecule has 6 N–H and O–H groups in total. The van der Waals surface area contributed by atoms with E-state index in [0.717, 1.165) is 24.8 Å². The van der Waals surface area contributed by atoms with Crippen LogP contribution in [0.4, 0.5) is 5.69 Å². The van der Waals surface area contributed by atoms with E-state index in [2.05, 4.69) is 6.92 Å². The van der Waals surface area contributed by atoms with Gasteiger partial charge < -0.3 is 31.1 Å². The zero-order chi connectivity index (χ0) is 32.0. The Morgan fingerprint density at radius 3 is 2.23 bits per heavy atom. The molecule has 0 unspecified atom stereocenters. The predicted molar refractivity (Wildman–Crippen MR) is 167 cm³/mol. The summed E-state index contributed by atoms with van der Waals surface area (Å²) in [5.41, 5.74) is 8.12. The van der Waals surface area contributed by atoms with Crippen LogP contribution in [0.5, 0.6) is 5.75 Å². The second-order valence-corrected chi connectivity index (χ2v) is 11.4. The van der Waals surface area contributed by atoms with Crippen molar-refractivity contribution in [3.63, 3.8) is 0 Å². The first kappa shape index (κ1) is 33.4. The lowest BCUT2D eigenvalue weighted by Crippen LogP contribution is -2.39. The summed E-state index contributed by atoms with van der Waals surface area (Å²) >= 11 is 0. The molecule has 232 valence electrons. The van der Waals surface area contributed by atoms with E-state index < -0.39 is 46.7 Å². The maximum atomic E-state index is 13.1. The third-order valence-corrected chi connectivity index (χ3v) is 7.84. The van der Waals surface area contributed by atoms with Crippen molar-refractivity contribution < 1.29 is 34.8 Å². The lowest BCUT2D eigenvalue weighted by molar-refractivity contribution is -0.134. The molecule has 2 aromatic rings. The topological polar surface area (TPSA) is 165 Å². The molecular formula is C33H43N3O7. The average molecular weight is 594 g/mol. The number of carbonyl (C=O) groups is 3. The average Bonchev–Trinajstić information content (AvgIpc) is 2.94. The molecule has 0 bridgehead atoms. The molecule has 1 amide bonds. The van der Waals surface area contributed by atoms with Gasteiger partial charge in [0.05, 0.1) is 11.6 Å². The predicted octanol–water partition coefficient (Wildman–Crippen LogP) is 3.82. The van der Waals surface area contributed by atoms with E-state index in [0.29, 0.717) is 54.1 Å². The van der Waals surface area contributed by atoms with Crippen LogP contribution in [-0.2, 0) is 27.2 Å². The minimum Gasteiger partial charge on any atom is -0.510 e. The van der Waals surface area contributed by atoms with Crippen molar-refractivity contribution in [3.05, 3.63) is 64.4 Å². The van der Waals surface area contributed by atoms with Gasteiger partial charge in [0, 0.05) is 31.4 Å². The fourth-order valence-electron chi connectivity index (χ4n) is 5.45. The number of fused-ring (bicyclic) bond motifs is 1. The first-order valence-electron chi connectivity index (χ1n) is 14.5. The van der Waals surface area contributed by atoms with Crippen molar-refractivity contribution in [1.29, 1.82) is 0 Å². The summed E-state index contributed by atoms with van der Waals surface area (Å²) in [7, 11) is 6.98. The molecule has 0 fully saturated rings. The van der Waals surface area contributed by atoms with E-state index in [9.17, 15) is 34.8 Å². The first-order chi connectivity index (χ1) is 20.3. The smallest absolute Gasteiger partial charge is 0.255 e. The zero-order valence-corrected chi connectivity index (χ0v) is 25.6. The van der Waals surface area contributed by atoms with E-state index >= 15 is 0 Å². The molecular weight excluding hydrogens is 550 g/mol. The van der Waals surface area contributed by atoms with Gasteiger partial charge >= 0.3 is 0 Å². The number of unbranched alkanes of at least 4 members (excludes halogenated alkanes) is 1. The number of aliphatic hydroxyl groups excluding tert-OH is 3. The van der Waals surface area contributed by atoms with Crippen LogP contribution in [-0.4, -0.2) is 83.1 Å². The van der Waals surface area contributed by atoms with Gasteiger partial charge in [-0.2, -0.15) is 0 Å². The Morgan fingerprint density at radius 1 is 1.02 bits per heavy atom. The van der Waals surface area contributed by atoms with E-state index in [-0.39, 0.29) is 11.3 Å². The standard InChI is InChI=1S/C33H43N3O7/c1-6-7-10-19-13-15-20(16-14-19)22-17-24(36(4)5)21-11-8-9-12-23(35(2)3)30(40)28(33(34)43)32(42)31(41)26(38)18-25(37)27(21)29(22)39/h13-18,23,31,37,39-41H,6-12H2,1-5H3,(H2,34,43)/b25-18?,30-28-/t23-,31-/m0/s1. The number of hydrogen-bond acceptors (Lipinski definition) is 9. The summed E-state index contributed by atoms with van der Waals surface area (Å²) in [6, 6.07) is 8.83. The number of benzene rings is 2. The second kappa shape index (κ2) is 14.3. The summed E-state index contributed by atoms with van der Waals surface area (Å²) in [6.45, 7) is 2.13. The number of aromatic hydroxyl groups is 1. The summed E-state index contributed by atoms with van der Waals surface area (Å²) < 4.78 is 0. The first-order valence-corrected chi connectivity index (χ1v) is 14.5. The molecule has 0 heterocycles. The summed E-state index contributed by atoms with van der Waals surface area (Å²) in [4.78, 5) is 41.8. The number of primary amides is 1. The van der Waals surface area contributed by atoms with Crippen molar-refractivity contribution in [2.75, 3.05) is 33.1 Å². The SMILES string of the molecule is CCCCc1ccc(-c2cc(N(C)C)c3c(c2O)C(O)=CC(=O)[C@H](O)C(=O)/C(C(N)=O)=C(/O)[C@@H](N(C)C)CCCC3)cc1. The molecule has 10 nitrogen and oxygen atoms in total. The maximum absolute atomic E-state index is 13.1. The minimum absolute atomic E-state index is 0.0130. The summed E-state index contributed by atoms with van der Waals surface area (Å²) in [6.07, 6.45) is 3.05. The summed E-state index contributed by atoms with van der Waals surface area (Å²) in [5.74, 6) is -5.43. The number of likely N-dealkylation sites (N-methyl/N-ethyl adjacent to an activating group) is 1. The molecule has 2 atom stereocenters. The molecule has 2 aromatic carbocycles. The van der Waals surface area contributed by atoms with Gasteiger partial charge in [-0.15, -0.1) is 0 Å². The highest BCUT2D eigenvalue weighted by molar-refractivity contribution is 6.27. The molecule has 43 heavy (non-hydrogen) atoms. The maximum Gasteiger partial charge on any atom is 0.255 e. The molecule has 0 aromatic heterocycles. The Kier molecular flexibility index (Phi) is 11.1. The number of aryl methyl sites for hydroxylation is 1. The summed E-state index contributed by atoms with van der Waals surface area (Å²) in [5, 5.41) is 44.4. The Morgan fingerprint density at radius 2 is 1.67 bits per heavy atom. The molecule has 0 radical (unpaired) electrons. The number of ketones is 2. The highest BCUT2D eigenvalue weighted by Crippen LogP contribution is 2.43. The molecule has 1 aliphatic carbocycles. The van der Waals surface area contributed by atoms with E-state index in [4.69, 9.17) is 5.73 Å². The Bertz CT molecular complexity index is 1420. The zero-order valence-electron chi connectivity index (χ0n) is 25.6. The van der Waals surface area contributed by atoms with Gasteiger partial charge in [-0.1, -0.05) is 44.0 Å². The van der Waals surface area contributed by atoms with Gasteiger partial charge in [0.15, 0.2) is 11.9 Å². The van der Waals surface area contributed by atoms with Crippen LogP contribution in [0, 0.1) is 0 Å². The van der Waals surface area contributed by atoms with Crippen molar-refractivity contribution >= 4 is 28.9 Å². The van der Waals surface area contributed by atoms with Crippen LogP contribution in [0.3, 0.4) is 0 Å². The number of Topliss-reactive ketones (excluding diaryl/α,β-unsaturated/α-hetero) is 1. The number of amides is 1. The van der Waals surface area contributed by atoms with Crippen molar-refractivity contribution in [2.45, 2.75) is 64.0 Å². The molecule has 0 saturated carbocycles. The second-order valence-electron chi connectivity index (χ2n) is 11.4. The van der Waals surface area contributed by atoms with Crippen LogP contribution in [0.2, 0.25) is 0 Å². The van der Waals surface area contributed by atoms with E-state index in [1.54, 1.807) is 19.0 Å². The molecule has 0 saturated heterocycles. The van der Waals surface area contributed by atoms with Gasteiger partial charge in [-0.25, -0.2) is 0 Å². The number of nitrogens with two attached hydrogens (primary N) is 1. The van der Waals surface area contributed by atoms with Gasteiger partial charge in [0.25, 0.3) is 5.91 Å². The Labute approximate surface area is 252 Å². The van der Waals surface area contributed by atoms with Gasteiger partial charge in [0.2, 0.25) is 5.78 Å². The minimum atomic E-state index is -2.42. The van der Waals surface area contributed by atoms with Crippen molar-refractivity contribution in [3.8, 4) is 16.9 Å². The number of phenols is 1. The van der Waals surface area contributed by atoms with Crippen molar-refractivity contribution in [1.82, 2.24) is 4.90 Å². The number of hydrogen-bond donors (Lipinski definition) is 5. The molecule has 10 heteroatoms. The lowest BCUT2D eigenvalue weighted by atomic mass is 9.89. The van der Waals surface area contributed by atoms with Crippen LogP contribution >= 0.6 is 0 Å². The van der Waals surface area contributed by atoms with E-state index in [1.807, 2.05) is 49.3 Å². The van der Waals surface area contributed by atoms with Crippen LogP contribution in [0.25, 0.3) is 16.9 Å². The van der Waals surface area contributed by atoms with Crippen LogP contribution < -0.4 is 10.6 Å². The quantitative estimate of drug-likeness (QED) is 0.237. The Balaban J connectivity index is 2.24. The van der Waals surface area contributed by atoms with Gasteiger partial charge in [0.1, 0.15) is 22.8 Å². The number of nitrogens with zero attached hydrogens (tertiary/aromatic N) is 2. The van der Waals surface area contributed by atoms with E-state index in [1.165, 1.54) is 0 Å². The Hall–Kier alpha value is -4.15. The lowest BCUT2D eigenvalue weighted by Gasteiger charge is -2.26. The van der Waals surface area contributed by atoms with Crippen LogP contribution in [0.15, 0.2) is 47.7 Å². The number of phenolic OH excluding ortho intramolecular Hbond substituents is 1. The number of carbonyl (C=O) groups excluding carboxylic acids is 3. The molecule has 3 rings (SSSR count). The third-order valence-electron chi connectivity index (χ3n) is 7.84. The highest BCUT2D eigenvalue weighted by atomic mass is 16.3. The molecule has 0 aliphatic heterocycles. The fourth-order valence-corrected chi connectivity index (χ4v) is 5.45. The largest absolute Gasteiger partial charge is 0.510 e. The highest BCUT2D eigenvalue weighted by Gasteiger charge is 2.35. The monoisotopic (exact) mass is 593 g/mol. The van der Waals surface area contributed by atoms with Crippen LogP contribution in [0.1, 0.15) is 55.7 Å². The number of rotatable bonds is 7. The van der Waals surface area contributed by atoms with Crippen molar-refractivity contribution in [2.24, 2.45) is 5.73 Å². The van der Waals surface area contributed by atoms with Gasteiger partial charge in [-0.3, -0.25) is 19.3 Å². The third kappa shape index (κ3) is 7.44. The molecule has 1 aliphatic rings. The number of anilines is 1. The fraction of sp³-hybridized carbons (Fsp3) is 0.424.